The van der Waals surface area contributed by atoms with Crippen LogP contribution < -0.4 is 11.1 Å². The summed E-state index contributed by atoms with van der Waals surface area (Å²) in [5, 5.41) is 3.09. The summed E-state index contributed by atoms with van der Waals surface area (Å²) in [6, 6.07) is 0.129. The Kier molecular flexibility index (Phi) is 5.79. The van der Waals surface area contributed by atoms with Gasteiger partial charge in [0.25, 0.3) is 0 Å². The van der Waals surface area contributed by atoms with Gasteiger partial charge in [0.05, 0.1) is 17.9 Å². The molecule has 0 aromatic rings. The number of rotatable bonds is 5. The van der Waals surface area contributed by atoms with Crippen LogP contribution in [-0.2, 0) is 14.3 Å². The minimum Gasteiger partial charge on any atom is -0.466 e. The molecule has 0 bridgehead atoms. The van der Waals surface area contributed by atoms with Gasteiger partial charge in [-0.2, -0.15) is 0 Å². The SMILES string of the molecule is CCOC(=O)C1CCC(NC(=O)C(C)(C)C(C)(C)N)CC1. The molecule has 0 saturated heterocycles. The highest BCUT2D eigenvalue weighted by Crippen LogP contribution is 2.30. The zero-order valence-electron chi connectivity index (χ0n) is 14.0. The van der Waals surface area contributed by atoms with Gasteiger partial charge >= 0.3 is 5.97 Å². The second kappa shape index (κ2) is 6.77. The maximum absolute atomic E-state index is 12.4. The minimum absolute atomic E-state index is 0.0166. The topological polar surface area (TPSA) is 81.4 Å². The fourth-order valence-electron chi connectivity index (χ4n) is 2.39. The van der Waals surface area contributed by atoms with Crippen molar-refractivity contribution in [1.29, 1.82) is 0 Å². The fraction of sp³-hybridized carbons (Fsp3) is 0.875. The first kappa shape index (κ1) is 18.0. The molecule has 1 amide bonds. The van der Waals surface area contributed by atoms with Gasteiger partial charge in [-0.25, -0.2) is 0 Å². The number of amides is 1. The van der Waals surface area contributed by atoms with E-state index in [-0.39, 0.29) is 23.8 Å². The van der Waals surface area contributed by atoms with E-state index in [0.29, 0.717) is 6.61 Å². The van der Waals surface area contributed by atoms with Crippen molar-refractivity contribution < 1.29 is 14.3 Å². The number of ether oxygens (including phenoxy) is 1. The summed E-state index contributed by atoms with van der Waals surface area (Å²) >= 11 is 0. The van der Waals surface area contributed by atoms with E-state index in [9.17, 15) is 9.59 Å². The van der Waals surface area contributed by atoms with Crippen LogP contribution in [0.2, 0.25) is 0 Å². The standard InChI is InChI=1S/C16H30N2O3/c1-6-21-13(19)11-7-9-12(10-8-11)18-14(20)15(2,3)16(4,5)17/h11-12H,6-10,17H2,1-5H3,(H,18,20). The van der Waals surface area contributed by atoms with Crippen molar-refractivity contribution in [3.8, 4) is 0 Å². The molecule has 0 heterocycles. The van der Waals surface area contributed by atoms with E-state index in [0.717, 1.165) is 25.7 Å². The van der Waals surface area contributed by atoms with Crippen molar-refractivity contribution in [2.45, 2.75) is 71.9 Å². The average molecular weight is 298 g/mol. The highest BCUT2D eigenvalue weighted by molar-refractivity contribution is 5.83. The lowest BCUT2D eigenvalue weighted by Gasteiger charge is -2.39. The van der Waals surface area contributed by atoms with Crippen molar-refractivity contribution in [2.75, 3.05) is 6.61 Å². The van der Waals surface area contributed by atoms with Crippen molar-refractivity contribution in [1.82, 2.24) is 5.32 Å². The van der Waals surface area contributed by atoms with Gasteiger partial charge in [0.1, 0.15) is 0 Å². The molecule has 1 aliphatic rings. The zero-order valence-corrected chi connectivity index (χ0v) is 14.0. The third-order valence-corrected chi connectivity index (χ3v) is 4.86. The molecule has 122 valence electrons. The number of carbonyl (C=O) groups excluding carboxylic acids is 2. The largest absolute Gasteiger partial charge is 0.466 e. The Morgan fingerprint density at radius 1 is 1.14 bits per heavy atom. The van der Waals surface area contributed by atoms with E-state index in [2.05, 4.69) is 5.32 Å². The Bertz CT molecular complexity index is 377. The predicted molar refractivity (Wildman–Crippen MR) is 82.6 cm³/mol. The van der Waals surface area contributed by atoms with Crippen LogP contribution in [0.5, 0.6) is 0 Å². The third-order valence-electron chi connectivity index (χ3n) is 4.86. The van der Waals surface area contributed by atoms with Gasteiger partial charge in [-0.1, -0.05) is 0 Å². The summed E-state index contributed by atoms with van der Waals surface area (Å²) in [5.74, 6) is -0.141. The van der Waals surface area contributed by atoms with Crippen molar-refractivity contribution in [3.05, 3.63) is 0 Å². The van der Waals surface area contributed by atoms with Crippen LogP contribution in [0.3, 0.4) is 0 Å². The first-order valence-electron chi connectivity index (χ1n) is 7.86. The van der Waals surface area contributed by atoms with Gasteiger partial charge in [0.2, 0.25) is 5.91 Å². The summed E-state index contributed by atoms with van der Waals surface area (Å²) < 4.78 is 5.05. The number of nitrogens with one attached hydrogen (secondary N) is 1. The number of nitrogens with two attached hydrogens (primary N) is 1. The number of esters is 1. The summed E-state index contributed by atoms with van der Waals surface area (Å²) in [7, 11) is 0. The molecule has 0 aromatic carbocycles. The van der Waals surface area contributed by atoms with Crippen LogP contribution in [0.25, 0.3) is 0 Å². The molecule has 0 unspecified atom stereocenters. The quantitative estimate of drug-likeness (QED) is 0.761. The van der Waals surface area contributed by atoms with Gasteiger partial charge < -0.3 is 15.8 Å². The van der Waals surface area contributed by atoms with Crippen LogP contribution in [0.15, 0.2) is 0 Å². The van der Waals surface area contributed by atoms with Crippen LogP contribution >= 0.6 is 0 Å². The van der Waals surface area contributed by atoms with Crippen LogP contribution in [-0.4, -0.2) is 30.1 Å². The second-order valence-electron chi connectivity index (χ2n) is 7.12. The Morgan fingerprint density at radius 3 is 2.10 bits per heavy atom. The number of hydrogen-bond acceptors (Lipinski definition) is 4. The van der Waals surface area contributed by atoms with E-state index in [1.165, 1.54) is 0 Å². The number of hydrogen-bond donors (Lipinski definition) is 2. The molecule has 5 nitrogen and oxygen atoms in total. The lowest BCUT2D eigenvalue weighted by molar-refractivity contribution is -0.149. The molecule has 1 saturated carbocycles. The van der Waals surface area contributed by atoms with E-state index < -0.39 is 11.0 Å². The van der Waals surface area contributed by atoms with Crippen LogP contribution in [0.4, 0.5) is 0 Å². The maximum atomic E-state index is 12.4. The average Bonchev–Trinajstić information content (AvgIpc) is 2.38. The molecule has 0 atom stereocenters. The third kappa shape index (κ3) is 4.43. The molecular weight excluding hydrogens is 268 g/mol. The van der Waals surface area contributed by atoms with Crippen LogP contribution in [0.1, 0.15) is 60.3 Å². The summed E-state index contributed by atoms with van der Waals surface area (Å²) in [6.07, 6.45) is 3.18. The molecular formula is C16H30N2O3. The van der Waals surface area contributed by atoms with E-state index in [1.807, 2.05) is 34.6 Å². The molecule has 0 aromatic heterocycles. The van der Waals surface area contributed by atoms with Gasteiger partial charge in [-0.05, 0) is 60.3 Å². The first-order chi connectivity index (χ1) is 9.59. The molecule has 21 heavy (non-hydrogen) atoms. The van der Waals surface area contributed by atoms with Crippen LogP contribution in [0, 0.1) is 11.3 Å². The number of carbonyl (C=O) groups is 2. The highest BCUT2D eigenvalue weighted by Gasteiger charge is 2.41. The van der Waals surface area contributed by atoms with E-state index in [1.54, 1.807) is 0 Å². The Balaban J connectivity index is 2.50. The summed E-state index contributed by atoms with van der Waals surface area (Å²) in [5.41, 5.74) is 4.87. The molecule has 0 radical (unpaired) electrons. The van der Waals surface area contributed by atoms with Gasteiger partial charge in [-0.15, -0.1) is 0 Å². The zero-order chi connectivity index (χ0) is 16.3. The predicted octanol–water partition coefficient (Wildman–Crippen LogP) is 1.99. The monoisotopic (exact) mass is 298 g/mol. The Morgan fingerprint density at radius 2 is 1.67 bits per heavy atom. The Hall–Kier alpha value is -1.10. The second-order valence-corrected chi connectivity index (χ2v) is 7.12. The first-order valence-corrected chi connectivity index (χ1v) is 7.86. The summed E-state index contributed by atoms with van der Waals surface area (Å²) in [6.45, 7) is 9.71. The van der Waals surface area contributed by atoms with Gasteiger partial charge in [0, 0.05) is 11.6 Å². The maximum Gasteiger partial charge on any atom is 0.308 e. The normalized spacial score (nSPS) is 23.5. The fourth-order valence-corrected chi connectivity index (χ4v) is 2.39. The summed E-state index contributed by atoms with van der Waals surface area (Å²) in [4.78, 5) is 24.1. The molecule has 5 heteroatoms. The van der Waals surface area contributed by atoms with Crippen molar-refractivity contribution in [2.24, 2.45) is 17.1 Å². The lowest BCUT2D eigenvalue weighted by Crippen LogP contribution is -2.57. The van der Waals surface area contributed by atoms with Crippen molar-refractivity contribution >= 4 is 11.9 Å². The van der Waals surface area contributed by atoms with Crippen molar-refractivity contribution in [3.63, 3.8) is 0 Å². The van der Waals surface area contributed by atoms with E-state index in [4.69, 9.17) is 10.5 Å². The van der Waals surface area contributed by atoms with Gasteiger partial charge in [-0.3, -0.25) is 9.59 Å². The molecule has 1 fully saturated rings. The molecule has 3 N–H and O–H groups in total. The lowest BCUT2D eigenvalue weighted by atomic mass is 9.74. The highest BCUT2D eigenvalue weighted by atomic mass is 16.5. The molecule has 0 spiro atoms. The molecule has 0 aliphatic heterocycles. The molecule has 1 rings (SSSR count). The molecule has 1 aliphatic carbocycles. The smallest absolute Gasteiger partial charge is 0.308 e. The minimum atomic E-state index is -0.634. The van der Waals surface area contributed by atoms with Gasteiger partial charge in [0.15, 0.2) is 0 Å². The van der Waals surface area contributed by atoms with E-state index >= 15 is 0 Å². The Labute approximate surface area is 128 Å².